The quantitative estimate of drug-likeness (QED) is 0.245. The number of fused-ring (bicyclic) bond motifs is 1. The molecule has 1 saturated heterocycles. The van der Waals surface area contributed by atoms with Crippen molar-refractivity contribution in [3.63, 3.8) is 0 Å². The molecule has 43 heavy (non-hydrogen) atoms. The van der Waals surface area contributed by atoms with Crippen molar-refractivity contribution in [1.29, 1.82) is 0 Å². The number of amides is 1. The number of aromatic nitrogens is 3. The predicted molar refractivity (Wildman–Crippen MR) is 143 cm³/mol. The molecule has 3 heterocycles. The molecule has 0 unspecified atom stereocenters. The summed E-state index contributed by atoms with van der Waals surface area (Å²) in [5.74, 6) is -3.84. The number of carbonyl (C=O) groups excluding carboxylic acids is 1. The van der Waals surface area contributed by atoms with Crippen molar-refractivity contribution in [1.82, 2.24) is 24.4 Å². The number of methoxy groups -OCH3 is 1. The van der Waals surface area contributed by atoms with Gasteiger partial charge in [-0.1, -0.05) is 0 Å². The van der Waals surface area contributed by atoms with Crippen molar-refractivity contribution < 1.29 is 41.0 Å². The van der Waals surface area contributed by atoms with Crippen LogP contribution in [0.5, 0.6) is 5.75 Å². The standard InChI is InChI=1S/C29H27F6N5O3/c1-15-13-38(22(14-41)23-20(30)8-9-21(31)24(23)32)10-11-39(15)28(42)19-12-36-40-26(29(33,34)35)16(2)25(37-27(19)40)17-4-6-18(43-3)7-5-17/h4-9,12,15,22,41H,10-11,13-14H2,1-3H3/t15-,22-/m1/s1. The van der Waals surface area contributed by atoms with Gasteiger partial charge < -0.3 is 14.7 Å². The Balaban J connectivity index is 1.49. The van der Waals surface area contributed by atoms with Crippen molar-refractivity contribution in [2.75, 3.05) is 33.4 Å². The van der Waals surface area contributed by atoms with Crippen molar-refractivity contribution in [2.24, 2.45) is 0 Å². The average molecular weight is 608 g/mol. The van der Waals surface area contributed by atoms with Crippen molar-refractivity contribution in [3.05, 3.63) is 82.4 Å². The first kappa shape index (κ1) is 30.3. The van der Waals surface area contributed by atoms with E-state index in [0.717, 1.165) is 12.3 Å². The Kier molecular flexibility index (Phi) is 8.09. The molecule has 5 rings (SSSR count). The zero-order valence-electron chi connectivity index (χ0n) is 23.3. The highest BCUT2D eigenvalue weighted by molar-refractivity contribution is 6.00. The minimum Gasteiger partial charge on any atom is -0.497 e. The van der Waals surface area contributed by atoms with E-state index in [4.69, 9.17) is 4.74 Å². The number of aliphatic hydroxyl groups excluding tert-OH is 1. The van der Waals surface area contributed by atoms with Gasteiger partial charge in [0.25, 0.3) is 5.91 Å². The molecule has 2 atom stereocenters. The second kappa shape index (κ2) is 11.5. The Morgan fingerprint density at radius 1 is 1.09 bits per heavy atom. The fourth-order valence-corrected chi connectivity index (χ4v) is 5.55. The molecule has 1 aliphatic rings. The maximum atomic E-state index is 14.5. The summed E-state index contributed by atoms with van der Waals surface area (Å²) in [5, 5.41) is 13.8. The Morgan fingerprint density at radius 2 is 1.77 bits per heavy atom. The Morgan fingerprint density at radius 3 is 2.37 bits per heavy atom. The fraction of sp³-hybridized carbons (Fsp3) is 0.345. The van der Waals surface area contributed by atoms with E-state index in [0.29, 0.717) is 21.9 Å². The van der Waals surface area contributed by atoms with Crippen LogP contribution in [-0.2, 0) is 6.18 Å². The zero-order chi connectivity index (χ0) is 31.2. The summed E-state index contributed by atoms with van der Waals surface area (Å²) in [4.78, 5) is 21.1. The van der Waals surface area contributed by atoms with Gasteiger partial charge in [0.15, 0.2) is 23.0 Å². The number of piperazine rings is 1. The molecular weight excluding hydrogens is 580 g/mol. The summed E-state index contributed by atoms with van der Waals surface area (Å²) in [7, 11) is 1.46. The molecule has 0 radical (unpaired) electrons. The molecule has 8 nitrogen and oxygen atoms in total. The summed E-state index contributed by atoms with van der Waals surface area (Å²) >= 11 is 0. The van der Waals surface area contributed by atoms with Gasteiger partial charge in [0.1, 0.15) is 17.1 Å². The van der Waals surface area contributed by atoms with Gasteiger partial charge in [-0.25, -0.2) is 22.7 Å². The first-order chi connectivity index (χ1) is 20.4. The molecule has 0 spiro atoms. The third-order valence-electron chi connectivity index (χ3n) is 7.69. The van der Waals surface area contributed by atoms with Crippen LogP contribution in [0.4, 0.5) is 26.3 Å². The molecule has 2 aromatic carbocycles. The number of hydrogen-bond donors (Lipinski definition) is 1. The monoisotopic (exact) mass is 607 g/mol. The van der Waals surface area contributed by atoms with Gasteiger partial charge in [0.05, 0.1) is 31.6 Å². The molecule has 0 bridgehead atoms. The molecule has 1 N–H and O–H groups in total. The second-order valence-corrected chi connectivity index (χ2v) is 10.3. The number of nitrogens with zero attached hydrogens (tertiary/aromatic N) is 5. The molecule has 14 heteroatoms. The highest BCUT2D eigenvalue weighted by atomic mass is 19.4. The zero-order valence-corrected chi connectivity index (χ0v) is 23.3. The van der Waals surface area contributed by atoms with E-state index in [1.807, 2.05) is 0 Å². The van der Waals surface area contributed by atoms with E-state index in [1.165, 1.54) is 23.8 Å². The van der Waals surface area contributed by atoms with Crippen LogP contribution in [-0.4, -0.2) is 74.8 Å². The van der Waals surface area contributed by atoms with Crippen molar-refractivity contribution in [2.45, 2.75) is 32.1 Å². The second-order valence-electron chi connectivity index (χ2n) is 10.3. The lowest BCUT2D eigenvalue weighted by molar-refractivity contribution is -0.143. The van der Waals surface area contributed by atoms with Crippen LogP contribution in [0.25, 0.3) is 16.9 Å². The maximum absolute atomic E-state index is 14.5. The van der Waals surface area contributed by atoms with Crippen molar-refractivity contribution in [3.8, 4) is 17.0 Å². The van der Waals surface area contributed by atoms with Crippen LogP contribution in [0, 0.1) is 24.4 Å². The van der Waals surface area contributed by atoms with E-state index < -0.39 is 59.5 Å². The van der Waals surface area contributed by atoms with E-state index >= 15 is 0 Å². The van der Waals surface area contributed by atoms with Gasteiger partial charge in [0.2, 0.25) is 0 Å². The van der Waals surface area contributed by atoms with Crippen LogP contribution in [0.3, 0.4) is 0 Å². The van der Waals surface area contributed by atoms with Gasteiger partial charge >= 0.3 is 6.18 Å². The van der Waals surface area contributed by atoms with Crippen LogP contribution in [0.15, 0.2) is 42.6 Å². The van der Waals surface area contributed by atoms with Gasteiger partial charge in [-0.15, -0.1) is 0 Å². The lowest BCUT2D eigenvalue weighted by Crippen LogP contribution is -2.55. The van der Waals surface area contributed by atoms with E-state index in [2.05, 4.69) is 10.1 Å². The largest absolute Gasteiger partial charge is 0.497 e. The molecule has 228 valence electrons. The van der Waals surface area contributed by atoms with E-state index in [1.54, 1.807) is 31.2 Å². The number of benzene rings is 2. The highest BCUT2D eigenvalue weighted by Gasteiger charge is 2.40. The summed E-state index contributed by atoms with van der Waals surface area (Å²) in [6.45, 7) is 2.26. The third-order valence-corrected chi connectivity index (χ3v) is 7.69. The minimum absolute atomic E-state index is 0.00425. The average Bonchev–Trinajstić information content (AvgIpc) is 3.39. The van der Waals surface area contributed by atoms with Crippen LogP contribution < -0.4 is 4.74 Å². The maximum Gasteiger partial charge on any atom is 0.433 e. The van der Waals surface area contributed by atoms with Crippen LogP contribution in [0.2, 0.25) is 0 Å². The first-order valence-corrected chi connectivity index (χ1v) is 13.3. The highest BCUT2D eigenvalue weighted by Crippen LogP contribution is 2.37. The summed E-state index contributed by atoms with van der Waals surface area (Å²) in [6, 6.07) is 5.87. The Hall–Kier alpha value is -4.17. The normalized spacial score (nSPS) is 17.0. The first-order valence-electron chi connectivity index (χ1n) is 13.3. The van der Waals surface area contributed by atoms with Crippen molar-refractivity contribution >= 4 is 11.6 Å². The summed E-state index contributed by atoms with van der Waals surface area (Å²) in [5.41, 5.74) is -1.95. The number of aliphatic hydroxyl groups is 1. The fourth-order valence-electron chi connectivity index (χ4n) is 5.55. The molecule has 1 amide bonds. The SMILES string of the molecule is COc1ccc(-c2nc3c(C(=O)N4CCN([C@H](CO)c5c(F)ccc(F)c5F)C[C@H]4C)cnn3c(C(F)(F)F)c2C)cc1. The molecular formula is C29H27F6N5O3. The Bertz CT molecular complexity index is 1670. The molecule has 1 aliphatic heterocycles. The summed E-state index contributed by atoms with van der Waals surface area (Å²) in [6.07, 6.45) is -3.79. The van der Waals surface area contributed by atoms with Gasteiger partial charge in [0, 0.05) is 42.4 Å². The number of ether oxygens (including phenoxy) is 1. The van der Waals surface area contributed by atoms with E-state index in [9.17, 15) is 36.2 Å². The Labute approximate surface area is 242 Å². The molecule has 0 saturated carbocycles. The van der Waals surface area contributed by atoms with Crippen LogP contribution in [0.1, 0.15) is 40.1 Å². The summed E-state index contributed by atoms with van der Waals surface area (Å²) < 4.78 is 91.5. The third kappa shape index (κ3) is 5.40. The number of hydrogen-bond acceptors (Lipinski definition) is 6. The molecule has 0 aliphatic carbocycles. The molecule has 4 aromatic rings. The van der Waals surface area contributed by atoms with Crippen LogP contribution >= 0.6 is 0 Å². The number of rotatable bonds is 6. The minimum atomic E-state index is -4.82. The topological polar surface area (TPSA) is 83.2 Å². The smallest absolute Gasteiger partial charge is 0.433 e. The van der Waals surface area contributed by atoms with E-state index in [-0.39, 0.29) is 42.1 Å². The predicted octanol–water partition coefficient (Wildman–Crippen LogP) is 5.03. The van der Waals surface area contributed by atoms with Gasteiger partial charge in [-0.2, -0.15) is 18.3 Å². The number of halogens is 6. The number of carbonyl (C=O) groups is 1. The molecule has 2 aromatic heterocycles. The lowest BCUT2D eigenvalue weighted by atomic mass is 10.0. The van der Waals surface area contributed by atoms with Gasteiger partial charge in [-0.05, 0) is 50.2 Å². The lowest BCUT2D eigenvalue weighted by Gasteiger charge is -2.43. The van der Waals surface area contributed by atoms with Gasteiger partial charge in [-0.3, -0.25) is 9.69 Å². The number of alkyl halides is 3. The molecule has 1 fully saturated rings.